The predicted molar refractivity (Wildman–Crippen MR) is 91.8 cm³/mol. The van der Waals surface area contributed by atoms with Gasteiger partial charge in [-0.3, -0.25) is 9.80 Å². The monoisotopic (exact) mass is 295 g/mol. The number of nitrogens with zero attached hydrogens (tertiary/aromatic N) is 2. The van der Waals surface area contributed by atoms with E-state index in [0.29, 0.717) is 18.1 Å². The first-order valence-corrected chi connectivity index (χ1v) is 9.44. The number of hydrogen-bond donors (Lipinski definition) is 1. The highest BCUT2D eigenvalue weighted by Crippen LogP contribution is 2.28. The molecule has 0 amide bonds. The molecule has 2 saturated heterocycles. The van der Waals surface area contributed by atoms with Gasteiger partial charge in [-0.15, -0.1) is 0 Å². The largest absolute Gasteiger partial charge is 0.312 e. The number of piperazine rings is 1. The first-order chi connectivity index (χ1) is 10.2. The normalized spacial score (nSPS) is 30.3. The van der Waals surface area contributed by atoms with E-state index in [-0.39, 0.29) is 0 Å². The van der Waals surface area contributed by atoms with Gasteiger partial charge in [0.15, 0.2) is 0 Å². The van der Waals surface area contributed by atoms with Gasteiger partial charge in [-0.2, -0.15) is 0 Å². The highest BCUT2D eigenvalue weighted by Gasteiger charge is 2.38. The Hall–Kier alpha value is -0.120. The van der Waals surface area contributed by atoms with E-state index in [2.05, 4.69) is 42.8 Å². The zero-order chi connectivity index (χ0) is 15.2. The Morgan fingerprint density at radius 1 is 1.14 bits per heavy atom. The molecule has 0 radical (unpaired) electrons. The summed E-state index contributed by atoms with van der Waals surface area (Å²) in [4.78, 5) is 5.58. The molecule has 0 aromatic carbocycles. The van der Waals surface area contributed by atoms with Gasteiger partial charge >= 0.3 is 0 Å². The Morgan fingerprint density at radius 2 is 1.95 bits per heavy atom. The molecule has 2 fully saturated rings. The molecule has 1 N–H and O–H groups in total. The van der Waals surface area contributed by atoms with E-state index in [0.717, 1.165) is 6.04 Å². The van der Waals surface area contributed by atoms with Crippen molar-refractivity contribution in [1.82, 2.24) is 15.1 Å². The van der Waals surface area contributed by atoms with Crippen LogP contribution in [0.3, 0.4) is 0 Å². The van der Waals surface area contributed by atoms with Gasteiger partial charge in [-0.05, 0) is 52.1 Å². The second kappa shape index (κ2) is 8.50. The minimum atomic E-state index is 0.676. The molecule has 124 valence electrons. The van der Waals surface area contributed by atoms with Gasteiger partial charge in [-0.25, -0.2) is 0 Å². The third kappa shape index (κ3) is 4.20. The van der Waals surface area contributed by atoms with Crippen LogP contribution in [0.5, 0.6) is 0 Å². The van der Waals surface area contributed by atoms with Crippen molar-refractivity contribution in [3.05, 3.63) is 0 Å². The second-order valence-electron chi connectivity index (χ2n) is 7.16. The van der Waals surface area contributed by atoms with Crippen LogP contribution in [0.15, 0.2) is 0 Å². The molecule has 0 aliphatic carbocycles. The number of nitrogens with one attached hydrogen (secondary N) is 1. The van der Waals surface area contributed by atoms with Crippen molar-refractivity contribution in [2.75, 3.05) is 26.2 Å². The Morgan fingerprint density at radius 3 is 2.62 bits per heavy atom. The van der Waals surface area contributed by atoms with Gasteiger partial charge < -0.3 is 5.32 Å². The van der Waals surface area contributed by atoms with Gasteiger partial charge in [0.05, 0.1) is 0 Å². The predicted octanol–water partition coefficient (Wildman–Crippen LogP) is 3.10. The molecule has 4 atom stereocenters. The van der Waals surface area contributed by atoms with Crippen molar-refractivity contribution < 1.29 is 0 Å². The molecule has 0 aromatic heterocycles. The summed E-state index contributed by atoms with van der Waals surface area (Å²) in [6.07, 6.45) is 7.95. The Bertz CT molecular complexity index is 294. The van der Waals surface area contributed by atoms with Gasteiger partial charge in [-0.1, -0.05) is 27.2 Å². The fourth-order valence-electron chi connectivity index (χ4n) is 4.49. The van der Waals surface area contributed by atoms with Crippen LogP contribution in [0.4, 0.5) is 0 Å². The first-order valence-electron chi connectivity index (χ1n) is 9.44. The highest BCUT2D eigenvalue weighted by molar-refractivity contribution is 4.95. The molecular weight excluding hydrogens is 258 g/mol. The maximum atomic E-state index is 3.84. The van der Waals surface area contributed by atoms with E-state index in [1.807, 2.05) is 0 Å². The van der Waals surface area contributed by atoms with E-state index >= 15 is 0 Å². The molecular formula is C18H37N3. The smallest absolute Gasteiger partial charge is 0.0250 e. The minimum absolute atomic E-state index is 0.676. The standard InChI is InChI=1S/C18H37N3/c1-5-9-17(19-11-6-2)18(7-3)21-14-16-10-8-12-20(16)13-15(21)4/h15-19H,5-14H2,1-4H3. The fraction of sp³-hybridized carbons (Fsp3) is 1.00. The minimum Gasteiger partial charge on any atom is -0.312 e. The number of hydrogen-bond acceptors (Lipinski definition) is 3. The average molecular weight is 296 g/mol. The topological polar surface area (TPSA) is 18.5 Å². The molecule has 0 spiro atoms. The summed E-state index contributed by atoms with van der Waals surface area (Å²) in [5.41, 5.74) is 0. The summed E-state index contributed by atoms with van der Waals surface area (Å²) in [6.45, 7) is 14.5. The first kappa shape index (κ1) is 17.2. The molecule has 4 unspecified atom stereocenters. The second-order valence-corrected chi connectivity index (χ2v) is 7.16. The molecule has 2 aliphatic rings. The summed E-state index contributed by atoms with van der Waals surface area (Å²) < 4.78 is 0. The zero-order valence-electron chi connectivity index (χ0n) is 14.8. The van der Waals surface area contributed by atoms with Crippen molar-refractivity contribution in [1.29, 1.82) is 0 Å². The van der Waals surface area contributed by atoms with Crippen molar-refractivity contribution in [2.24, 2.45) is 0 Å². The lowest BCUT2D eigenvalue weighted by Crippen LogP contribution is -2.62. The molecule has 2 aliphatic heterocycles. The molecule has 2 rings (SSSR count). The van der Waals surface area contributed by atoms with Gasteiger partial charge in [0.2, 0.25) is 0 Å². The molecule has 0 saturated carbocycles. The molecule has 3 heteroatoms. The van der Waals surface area contributed by atoms with Crippen molar-refractivity contribution in [3.8, 4) is 0 Å². The third-order valence-corrected chi connectivity index (χ3v) is 5.55. The van der Waals surface area contributed by atoms with Crippen LogP contribution >= 0.6 is 0 Å². The van der Waals surface area contributed by atoms with Gasteiger partial charge in [0.1, 0.15) is 0 Å². The van der Waals surface area contributed by atoms with Crippen LogP contribution in [0, 0.1) is 0 Å². The van der Waals surface area contributed by atoms with Crippen molar-refractivity contribution in [2.45, 2.75) is 90.4 Å². The number of fused-ring (bicyclic) bond motifs is 1. The van der Waals surface area contributed by atoms with E-state index in [4.69, 9.17) is 0 Å². The molecule has 3 nitrogen and oxygen atoms in total. The maximum Gasteiger partial charge on any atom is 0.0250 e. The zero-order valence-corrected chi connectivity index (χ0v) is 14.8. The molecule has 2 heterocycles. The van der Waals surface area contributed by atoms with Crippen LogP contribution in [-0.4, -0.2) is 60.1 Å². The van der Waals surface area contributed by atoms with Crippen LogP contribution in [0.2, 0.25) is 0 Å². The Balaban J connectivity index is 2.02. The van der Waals surface area contributed by atoms with Crippen molar-refractivity contribution >= 4 is 0 Å². The lowest BCUT2D eigenvalue weighted by atomic mass is 9.95. The summed E-state index contributed by atoms with van der Waals surface area (Å²) in [5.74, 6) is 0. The quantitative estimate of drug-likeness (QED) is 0.742. The van der Waals surface area contributed by atoms with Crippen LogP contribution in [-0.2, 0) is 0 Å². The Kier molecular flexibility index (Phi) is 6.97. The number of rotatable bonds is 8. The fourth-order valence-corrected chi connectivity index (χ4v) is 4.49. The summed E-state index contributed by atoms with van der Waals surface area (Å²) >= 11 is 0. The van der Waals surface area contributed by atoms with E-state index in [9.17, 15) is 0 Å². The lowest BCUT2D eigenvalue weighted by Gasteiger charge is -2.48. The third-order valence-electron chi connectivity index (χ3n) is 5.55. The van der Waals surface area contributed by atoms with Crippen LogP contribution in [0.25, 0.3) is 0 Å². The van der Waals surface area contributed by atoms with E-state index in [1.165, 1.54) is 64.7 Å². The van der Waals surface area contributed by atoms with Crippen LogP contribution < -0.4 is 5.32 Å². The Labute approximate surface area is 132 Å². The molecule has 0 aromatic rings. The van der Waals surface area contributed by atoms with Crippen molar-refractivity contribution in [3.63, 3.8) is 0 Å². The average Bonchev–Trinajstić information content (AvgIpc) is 2.92. The van der Waals surface area contributed by atoms with E-state index < -0.39 is 0 Å². The van der Waals surface area contributed by atoms with Gasteiger partial charge in [0.25, 0.3) is 0 Å². The highest BCUT2D eigenvalue weighted by atomic mass is 15.3. The SMILES string of the molecule is CCCNC(CCC)C(CC)N1CC2CCCN2CC1C. The van der Waals surface area contributed by atoms with E-state index in [1.54, 1.807) is 0 Å². The van der Waals surface area contributed by atoms with Crippen LogP contribution in [0.1, 0.15) is 66.2 Å². The van der Waals surface area contributed by atoms with Gasteiger partial charge in [0, 0.05) is 37.3 Å². The lowest BCUT2D eigenvalue weighted by molar-refractivity contribution is 0.0127. The molecule has 0 bridgehead atoms. The maximum absolute atomic E-state index is 3.84. The summed E-state index contributed by atoms with van der Waals surface area (Å²) in [6, 6.07) is 2.94. The summed E-state index contributed by atoms with van der Waals surface area (Å²) in [5, 5.41) is 3.84. The molecule has 21 heavy (non-hydrogen) atoms. The summed E-state index contributed by atoms with van der Waals surface area (Å²) in [7, 11) is 0.